The minimum Gasteiger partial charge on any atom is -0.465 e. The van der Waals surface area contributed by atoms with E-state index in [1.54, 1.807) is 13.8 Å². The molecule has 34 heavy (non-hydrogen) atoms. The number of carbonyl (C=O) groups is 1. The number of H-pyrrole nitrogens is 1. The van der Waals surface area contributed by atoms with Crippen molar-refractivity contribution in [1.29, 1.82) is 0 Å². The van der Waals surface area contributed by atoms with Crippen molar-refractivity contribution in [2.45, 2.75) is 18.9 Å². The molecule has 0 saturated carbocycles. The van der Waals surface area contributed by atoms with E-state index in [0.717, 1.165) is 15.9 Å². The summed E-state index contributed by atoms with van der Waals surface area (Å²) in [5, 5.41) is 4.28. The summed E-state index contributed by atoms with van der Waals surface area (Å²) in [6.07, 6.45) is 0. The van der Waals surface area contributed by atoms with Gasteiger partial charge in [0.25, 0.3) is 5.56 Å². The van der Waals surface area contributed by atoms with Crippen LogP contribution in [0.25, 0.3) is 0 Å². The van der Waals surface area contributed by atoms with Gasteiger partial charge in [-0.1, -0.05) is 66.4 Å². The molecule has 0 aliphatic heterocycles. The molecule has 0 saturated heterocycles. The van der Waals surface area contributed by atoms with E-state index in [4.69, 9.17) is 9.72 Å². The molecular weight excluding hydrogens is 463 g/mol. The molecule has 7 heteroatoms. The zero-order chi connectivity index (χ0) is 24.0. The number of hydrogen-bond donors (Lipinski definition) is 1. The Kier molecular flexibility index (Phi) is 7.61. The third-order valence-corrected chi connectivity index (χ3v) is 10.8. The van der Waals surface area contributed by atoms with Crippen molar-refractivity contribution < 1.29 is 9.53 Å². The molecule has 4 aromatic rings. The topological polar surface area (TPSA) is 72.0 Å². The van der Waals surface area contributed by atoms with Gasteiger partial charge in [0.05, 0.1) is 12.4 Å². The molecule has 0 fully saturated rings. The summed E-state index contributed by atoms with van der Waals surface area (Å²) in [6.45, 7) is 3.84. The third kappa shape index (κ3) is 4.70. The minimum absolute atomic E-state index is 0.0785. The lowest BCUT2D eigenvalue weighted by molar-refractivity contribution is -0.139. The maximum absolute atomic E-state index is 13.8. The van der Waals surface area contributed by atoms with Crippen molar-refractivity contribution in [2.24, 2.45) is 0 Å². The van der Waals surface area contributed by atoms with E-state index < -0.39 is 7.26 Å². The number of aromatic nitrogens is 2. The summed E-state index contributed by atoms with van der Waals surface area (Å²) < 4.78 is 5.14. The quantitative estimate of drug-likeness (QED) is 0.178. The summed E-state index contributed by atoms with van der Waals surface area (Å²) in [5.41, 5.74) is -0.191. The molecule has 172 valence electrons. The van der Waals surface area contributed by atoms with Crippen LogP contribution in [0.15, 0.2) is 101 Å². The van der Waals surface area contributed by atoms with Gasteiger partial charge in [-0.25, -0.2) is 4.98 Å². The molecule has 0 unspecified atom stereocenters. The zero-order valence-electron chi connectivity index (χ0n) is 19.1. The fraction of sp³-hybridized carbons (Fsp3) is 0.148. The number of thioether (sulfide) groups is 1. The van der Waals surface area contributed by atoms with Crippen LogP contribution in [0.4, 0.5) is 0 Å². The van der Waals surface area contributed by atoms with Gasteiger partial charge < -0.3 is 9.72 Å². The van der Waals surface area contributed by atoms with Crippen LogP contribution in [-0.4, -0.2) is 28.3 Å². The van der Waals surface area contributed by atoms with Gasteiger partial charge in [-0.2, -0.15) is 0 Å². The second-order valence-corrected chi connectivity index (χ2v) is 11.9. The van der Waals surface area contributed by atoms with Gasteiger partial charge in [0.15, 0.2) is 7.26 Å². The third-order valence-electron chi connectivity index (χ3n) is 5.38. The highest BCUT2D eigenvalue weighted by molar-refractivity contribution is 8.04. The van der Waals surface area contributed by atoms with E-state index >= 15 is 0 Å². The summed E-state index contributed by atoms with van der Waals surface area (Å²) in [6, 6.07) is 30.4. The van der Waals surface area contributed by atoms with E-state index in [-0.39, 0.29) is 17.3 Å². The van der Waals surface area contributed by atoms with Gasteiger partial charge >= 0.3 is 5.97 Å². The van der Waals surface area contributed by atoms with Gasteiger partial charge in [0.1, 0.15) is 26.8 Å². The van der Waals surface area contributed by atoms with E-state index in [0.29, 0.717) is 22.8 Å². The highest BCUT2D eigenvalue weighted by atomic mass is 32.2. The van der Waals surface area contributed by atoms with Crippen LogP contribution < -0.4 is 26.8 Å². The first-order valence-corrected chi connectivity index (χ1v) is 13.8. The van der Waals surface area contributed by atoms with Crippen molar-refractivity contribution in [2.75, 3.05) is 12.4 Å². The summed E-state index contributed by atoms with van der Waals surface area (Å²) in [4.78, 5) is 33.7. The van der Waals surface area contributed by atoms with Crippen LogP contribution in [0.5, 0.6) is 0 Å². The molecule has 0 atom stereocenters. The number of nitrogens with zero attached hydrogens (tertiary/aromatic N) is 1. The lowest BCUT2D eigenvalue weighted by Gasteiger charge is -2.27. The summed E-state index contributed by atoms with van der Waals surface area (Å²) in [7, 11) is -2.66. The van der Waals surface area contributed by atoms with Gasteiger partial charge in [-0.3, -0.25) is 9.59 Å². The maximum atomic E-state index is 13.8. The lowest BCUT2D eigenvalue weighted by atomic mass is 10.4. The van der Waals surface area contributed by atoms with Crippen molar-refractivity contribution in [3.8, 4) is 0 Å². The van der Waals surface area contributed by atoms with E-state index in [1.165, 1.54) is 11.8 Å². The first-order chi connectivity index (χ1) is 16.6. The lowest BCUT2D eigenvalue weighted by Crippen LogP contribution is -2.46. The predicted molar refractivity (Wildman–Crippen MR) is 142 cm³/mol. The van der Waals surface area contributed by atoms with Crippen LogP contribution in [0.2, 0.25) is 0 Å². The Labute approximate surface area is 204 Å². The molecule has 0 radical (unpaired) electrons. The van der Waals surface area contributed by atoms with Crippen molar-refractivity contribution in [1.82, 2.24) is 9.97 Å². The average molecular weight is 490 g/mol. The number of rotatable bonds is 8. The van der Waals surface area contributed by atoms with Gasteiger partial charge in [-0.15, -0.1) is 0 Å². The molecule has 0 bridgehead atoms. The first-order valence-electron chi connectivity index (χ1n) is 11.0. The van der Waals surface area contributed by atoms with Gasteiger partial charge in [0, 0.05) is 0 Å². The number of nitrogens with one attached hydrogen (secondary N) is 1. The summed E-state index contributed by atoms with van der Waals surface area (Å²) >= 11 is 1.26. The Morgan fingerprint density at radius 1 is 0.882 bits per heavy atom. The Morgan fingerprint density at radius 3 is 1.79 bits per heavy atom. The molecule has 1 heterocycles. The van der Waals surface area contributed by atoms with E-state index in [1.807, 2.05) is 54.6 Å². The van der Waals surface area contributed by atoms with Crippen LogP contribution >= 0.6 is 19.0 Å². The molecule has 1 N–H and O–H groups in total. The number of esters is 1. The van der Waals surface area contributed by atoms with Gasteiger partial charge in [0.2, 0.25) is 5.30 Å². The van der Waals surface area contributed by atoms with Crippen molar-refractivity contribution >= 4 is 46.2 Å². The molecular formula is C27H26N2O3PS+. The normalized spacial score (nSPS) is 11.2. The smallest absolute Gasteiger partial charge is 0.316 e. The Hall–Kier alpha value is -3.21. The number of aryl methyl sites for hydroxylation is 1. The fourth-order valence-electron chi connectivity index (χ4n) is 4.07. The molecule has 1 aromatic heterocycles. The van der Waals surface area contributed by atoms with Crippen molar-refractivity contribution in [3.63, 3.8) is 0 Å². The molecule has 0 spiro atoms. The molecule has 0 aliphatic rings. The predicted octanol–water partition coefficient (Wildman–Crippen LogP) is 3.35. The van der Waals surface area contributed by atoms with E-state index in [2.05, 4.69) is 41.4 Å². The van der Waals surface area contributed by atoms with Crippen LogP contribution in [-0.2, 0) is 9.53 Å². The van der Waals surface area contributed by atoms with Crippen LogP contribution in [0, 0.1) is 6.92 Å². The number of hydrogen-bond acceptors (Lipinski definition) is 5. The zero-order valence-corrected chi connectivity index (χ0v) is 20.8. The maximum Gasteiger partial charge on any atom is 0.316 e. The second-order valence-electron chi connectivity index (χ2n) is 7.58. The standard InChI is InChI=1S/C27H25N2O3PS/c1-3-32-24(30)19-34-27-25(26(31)28-20(2)29-27)33(21-13-7-4-8-14-21,22-15-9-5-10-16-22)23-17-11-6-12-18-23/h4-18H,3,19H2,1-2H3/p+1. The molecule has 5 nitrogen and oxygen atoms in total. The summed E-state index contributed by atoms with van der Waals surface area (Å²) in [5.74, 6) is 0.253. The number of ether oxygens (including phenoxy) is 1. The van der Waals surface area contributed by atoms with Crippen LogP contribution in [0.3, 0.4) is 0 Å². The Balaban J connectivity index is 2.08. The first kappa shape index (κ1) is 23.9. The largest absolute Gasteiger partial charge is 0.465 e. The number of carbonyl (C=O) groups excluding carboxylic acids is 1. The SMILES string of the molecule is CCOC(=O)CSc1nc(C)[nH]c(=O)c1[P+](c1ccccc1)(c1ccccc1)c1ccccc1. The van der Waals surface area contributed by atoms with E-state index in [9.17, 15) is 9.59 Å². The monoisotopic (exact) mass is 489 g/mol. The highest BCUT2D eigenvalue weighted by Crippen LogP contribution is 2.54. The Bertz CT molecular complexity index is 1220. The average Bonchev–Trinajstić information content (AvgIpc) is 2.86. The number of aromatic amines is 1. The second kappa shape index (κ2) is 10.8. The van der Waals surface area contributed by atoms with Crippen LogP contribution in [0.1, 0.15) is 12.7 Å². The molecule has 0 aliphatic carbocycles. The highest BCUT2D eigenvalue weighted by Gasteiger charge is 2.52. The fourth-order valence-corrected chi connectivity index (χ4v) is 9.67. The number of benzene rings is 3. The molecule has 0 amide bonds. The molecule has 3 aromatic carbocycles. The molecule has 4 rings (SSSR count). The van der Waals surface area contributed by atoms with Crippen molar-refractivity contribution in [3.05, 3.63) is 107 Å². The van der Waals surface area contributed by atoms with Gasteiger partial charge in [-0.05, 0) is 50.2 Å². The Morgan fingerprint density at radius 2 is 1.35 bits per heavy atom. The minimum atomic E-state index is -2.66.